The maximum absolute atomic E-state index is 6.08. The van der Waals surface area contributed by atoms with Crippen molar-refractivity contribution in [3.63, 3.8) is 0 Å². The first kappa shape index (κ1) is 12.4. The maximum Gasteiger partial charge on any atom is 0.205 e. The largest absolute Gasteiger partial charge is 0.340 e. The molecule has 2 unspecified atom stereocenters. The number of aryl methyl sites for hydroxylation is 2. The smallest absolute Gasteiger partial charge is 0.205 e. The number of imidazole rings is 1. The molecular weight excluding hydrogens is 212 g/mol. The van der Waals surface area contributed by atoms with E-state index in [0.29, 0.717) is 5.92 Å². The van der Waals surface area contributed by atoms with Crippen molar-refractivity contribution in [2.24, 2.45) is 11.7 Å². The van der Waals surface area contributed by atoms with Gasteiger partial charge in [-0.1, -0.05) is 20.3 Å². The lowest BCUT2D eigenvalue weighted by atomic mass is 10.1. The molecule has 1 aromatic rings. The van der Waals surface area contributed by atoms with Crippen LogP contribution in [0.5, 0.6) is 0 Å². The summed E-state index contributed by atoms with van der Waals surface area (Å²) in [6, 6.07) is 0.284. The molecule has 1 aliphatic heterocycles. The average molecular weight is 236 g/mol. The van der Waals surface area contributed by atoms with Gasteiger partial charge in [-0.15, -0.1) is 0 Å². The molecule has 0 spiro atoms. The lowest BCUT2D eigenvalue weighted by Gasteiger charge is -2.18. The zero-order valence-electron chi connectivity index (χ0n) is 11.2. The summed E-state index contributed by atoms with van der Waals surface area (Å²) in [5.41, 5.74) is 7.19. The Bertz CT molecular complexity index is 361. The third-order valence-corrected chi connectivity index (χ3v) is 3.58. The molecule has 1 aromatic heterocycles. The molecule has 0 amide bonds. The number of nitrogens with two attached hydrogens (primary N) is 1. The number of unbranched alkanes of at least 4 members (excludes halogenated alkanes) is 1. The minimum absolute atomic E-state index is 0.284. The molecule has 2 rings (SSSR count). The molecule has 1 fully saturated rings. The van der Waals surface area contributed by atoms with Crippen molar-refractivity contribution < 1.29 is 0 Å². The second-order valence-corrected chi connectivity index (χ2v) is 5.28. The van der Waals surface area contributed by atoms with Crippen molar-refractivity contribution in [3.8, 4) is 0 Å². The second kappa shape index (κ2) is 5.08. The van der Waals surface area contributed by atoms with Crippen LogP contribution in [-0.4, -0.2) is 28.7 Å². The van der Waals surface area contributed by atoms with Crippen LogP contribution in [0.15, 0.2) is 6.20 Å². The fourth-order valence-electron chi connectivity index (χ4n) is 2.43. The summed E-state index contributed by atoms with van der Waals surface area (Å²) in [6.45, 7) is 9.53. The Morgan fingerprint density at radius 2 is 2.24 bits per heavy atom. The predicted molar refractivity (Wildman–Crippen MR) is 71.2 cm³/mol. The summed E-state index contributed by atoms with van der Waals surface area (Å²) in [7, 11) is 0. The third kappa shape index (κ3) is 2.63. The van der Waals surface area contributed by atoms with Crippen LogP contribution in [0.25, 0.3) is 0 Å². The molecule has 96 valence electrons. The van der Waals surface area contributed by atoms with E-state index in [-0.39, 0.29) is 6.04 Å². The summed E-state index contributed by atoms with van der Waals surface area (Å²) in [5, 5.41) is 0. The molecule has 1 saturated heterocycles. The van der Waals surface area contributed by atoms with Crippen molar-refractivity contribution in [1.29, 1.82) is 0 Å². The molecule has 2 heterocycles. The summed E-state index contributed by atoms with van der Waals surface area (Å²) in [5.74, 6) is 1.67. The Balaban J connectivity index is 2.14. The Kier molecular flexibility index (Phi) is 3.72. The molecule has 0 aromatic carbocycles. The van der Waals surface area contributed by atoms with Gasteiger partial charge in [0.15, 0.2) is 0 Å². The molecule has 0 saturated carbocycles. The van der Waals surface area contributed by atoms with Crippen LogP contribution >= 0.6 is 0 Å². The van der Waals surface area contributed by atoms with Gasteiger partial charge in [0, 0.05) is 31.9 Å². The molecule has 2 atom stereocenters. The van der Waals surface area contributed by atoms with Gasteiger partial charge in [0.25, 0.3) is 0 Å². The summed E-state index contributed by atoms with van der Waals surface area (Å²) in [4.78, 5) is 6.98. The van der Waals surface area contributed by atoms with E-state index < -0.39 is 0 Å². The summed E-state index contributed by atoms with van der Waals surface area (Å²) >= 11 is 0. The third-order valence-electron chi connectivity index (χ3n) is 3.58. The van der Waals surface area contributed by atoms with Gasteiger partial charge in [0.05, 0.1) is 5.69 Å². The van der Waals surface area contributed by atoms with Gasteiger partial charge in [0.1, 0.15) is 0 Å². The van der Waals surface area contributed by atoms with Crippen LogP contribution in [0.4, 0.5) is 5.95 Å². The molecule has 0 bridgehead atoms. The van der Waals surface area contributed by atoms with E-state index in [1.165, 1.54) is 12.8 Å². The number of nitrogens with zero attached hydrogens (tertiary/aromatic N) is 3. The second-order valence-electron chi connectivity index (χ2n) is 5.28. The highest BCUT2D eigenvalue weighted by Crippen LogP contribution is 2.23. The van der Waals surface area contributed by atoms with Crippen LogP contribution in [0.1, 0.15) is 32.4 Å². The molecule has 0 radical (unpaired) electrons. The van der Waals surface area contributed by atoms with E-state index in [0.717, 1.165) is 31.3 Å². The highest BCUT2D eigenvalue weighted by molar-refractivity contribution is 5.36. The first-order valence-corrected chi connectivity index (χ1v) is 6.66. The summed E-state index contributed by atoms with van der Waals surface area (Å²) in [6.07, 6.45) is 4.57. The Labute approximate surface area is 104 Å². The molecular formula is C13H24N4. The van der Waals surface area contributed by atoms with Crippen molar-refractivity contribution in [2.45, 2.75) is 46.2 Å². The molecule has 1 aliphatic rings. The van der Waals surface area contributed by atoms with Crippen LogP contribution in [-0.2, 0) is 6.54 Å². The van der Waals surface area contributed by atoms with E-state index in [2.05, 4.69) is 41.4 Å². The average Bonchev–Trinajstić information content (AvgIpc) is 2.80. The quantitative estimate of drug-likeness (QED) is 0.866. The van der Waals surface area contributed by atoms with Gasteiger partial charge < -0.3 is 15.2 Å². The molecule has 2 N–H and O–H groups in total. The first-order valence-electron chi connectivity index (χ1n) is 6.66. The van der Waals surface area contributed by atoms with Crippen LogP contribution in [0.2, 0.25) is 0 Å². The van der Waals surface area contributed by atoms with Gasteiger partial charge in [-0.25, -0.2) is 4.98 Å². The van der Waals surface area contributed by atoms with Gasteiger partial charge in [-0.05, 0) is 19.3 Å². The normalized spacial score (nSPS) is 24.6. The number of hydrogen-bond donors (Lipinski definition) is 1. The monoisotopic (exact) mass is 236 g/mol. The molecule has 4 nitrogen and oxygen atoms in total. The van der Waals surface area contributed by atoms with Crippen molar-refractivity contribution in [1.82, 2.24) is 9.55 Å². The van der Waals surface area contributed by atoms with E-state index in [4.69, 9.17) is 5.73 Å². The number of aromatic nitrogens is 2. The lowest BCUT2D eigenvalue weighted by molar-refractivity contribution is 0.565. The lowest BCUT2D eigenvalue weighted by Crippen LogP contribution is -2.29. The maximum atomic E-state index is 6.08. The minimum Gasteiger partial charge on any atom is -0.340 e. The van der Waals surface area contributed by atoms with Gasteiger partial charge in [-0.3, -0.25) is 0 Å². The number of anilines is 1. The van der Waals surface area contributed by atoms with Crippen LogP contribution < -0.4 is 10.6 Å². The Hall–Kier alpha value is -1.03. The number of hydrogen-bond acceptors (Lipinski definition) is 3. The minimum atomic E-state index is 0.284. The van der Waals surface area contributed by atoms with Gasteiger partial charge >= 0.3 is 0 Å². The SMILES string of the molecule is CCCCn1cc(C)nc1N1CC(C)C(N)C1. The van der Waals surface area contributed by atoms with E-state index in [9.17, 15) is 0 Å². The Morgan fingerprint density at radius 1 is 1.47 bits per heavy atom. The highest BCUT2D eigenvalue weighted by Gasteiger charge is 2.29. The fourth-order valence-corrected chi connectivity index (χ4v) is 2.43. The molecule has 17 heavy (non-hydrogen) atoms. The molecule has 4 heteroatoms. The van der Waals surface area contributed by atoms with Gasteiger partial charge in [-0.2, -0.15) is 0 Å². The predicted octanol–water partition coefficient (Wildman–Crippen LogP) is 1.78. The fraction of sp³-hybridized carbons (Fsp3) is 0.769. The first-order chi connectivity index (χ1) is 8.11. The number of rotatable bonds is 4. The zero-order valence-corrected chi connectivity index (χ0v) is 11.2. The topological polar surface area (TPSA) is 47.1 Å². The standard InChI is InChI=1S/C13H24N4/c1-4-5-6-16-8-11(3)15-13(16)17-7-10(2)12(14)9-17/h8,10,12H,4-7,9,14H2,1-3H3. The van der Waals surface area contributed by atoms with E-state index in [1.54, 1.807) is 0 Å². The van der Waals surface area contributed by atoms with Gasteiger partial charge in [0.2, 0.25) is 5.95 Å². The molecule has 0 aliphatic carbocycles. The highest BCUT2D eigenvalue weighted by atomic mass is 15.3. The van der Waals surface area contributed by atoms with E-state index >= 15 is 0 Å². The van der Waals surface area contributed by atoms with Crippen LogP contribution in [0, 0.1) is 12.8 Å². The van der Waals surface area contributed by atoms with E-state index in [1.807, 2.05) is 0 Å². The van der Waals surface area contributed by atoms with Crippen molar-refractivity contribution in [2.75, 3.05) is 18.0 Å². The van der Waals surface area contributed by atoms with Crippen LogP contribution in [0.3, 0.4) is 0 Å². The van der Waals surface area contributed by atoms with Crippen molar-refractivity contribution >= 4 is 5.95 Å². The summed E-state index contributed by atoms with van der Waals surface area (Å²) < 4.78 is 2.28. The zero-order chi connectivity index (χ0) is 12.4. The Morgan fingerprint density at radius 3 is 2.82 bits per heavy atom. The van der Waals surface area contributed by atoms with Crippen molar-refractivity contribution in [3.05, 3.63) is 11.9 Å².